The lowest BCUT2D eigenvalue weighted by atomic mass is 10.1. The van der Waals surface area contributed by atoms with Gasteiger partial charge in [0, 0.05) is 30.5 Å². The topological polar surface area (TPSA) is 58.5 Å². The fourth-order valence-corrected chi connectivity index (χ4v) is 2.71. The lowest BCUT2D eigenvalue weighted by molar-refractivity contribution is 0.606. The molecule has 0 aliphatic heterocycles. The van der Waals surface area contributed by atoms with E-state index in [1.807, 2.05) is 36.9 Å². The van der Waals surface area contributed by atoms with Gasteiger partial charge in [-0.3, -0.25) is 0 Å². The van der Waals surface area contributed by atoms with Crippen LogP contribution in [0.3, 0.4) is 0 Å². The predicted octanol–water partition coefficient (Wildman–Crippen LogP) is 3.61. The molecule has 0 fully saturated rings. The molecule has 0 saturated carbocycles. The highest BCUT2D eigenvalue weighted by atomic mass is 15.1. The molecule has 1 atom stereocenters. The minimum Gasteiger partial charge on any atom is -0.361 e. The van der Waals surface area contributed by atoms with Gasteiger partial charge in [-0.1, -0.05) is 30.3 Å². The predicted molar refractivity (Wildman–Crippen MR) is 91.1 cm³/mol. The van der Waals surface area contributed by atoms with E-state index in [2.05, 4.69) is 55.2 Å². The molecule has 1 aromatic carbocycles. The molecule has 0 spiro atoms. The fraction of sp³-hybridized carbons (Fsp3) is 0.111. The van der Waals surface area contributed by atoms with Gasteiger partial charge in [0.2, 0.25) is 0 Å². The van der Waals surface area contributed by atoms with E-state index in [0.717, 1.165) is 23.4 Å². The molecular weight excluding hydrogens is 286 g/mol. The van der Waals surface area contributed by atoms with Gasteiger partial charge in [-0.05, 0) is 23.8 Å². The first-order chi connectivity index (χ1) is 11.4. The van der Waals surface area contributed by atoms with E-state index in [-0.39, 0.29) is 6.04 Å². The number of benzene rings is 1. The molecule has 1 unspecified atom stereocenters. The summed E-state index contributed by atoms with van der Waals surface area (Å²) in [6.07, 6.45) is 7.51. The molecule has 0 bridgehead atoms. The summed E-state index contributed by atoms with van der Waals surface area (Å²) in [6, 6.07) is 16.6. The lowest BCUT2D eigenvalue weighted by Gasteiger charge is -2.20. The smallest absolute Gasteiger partial charge is 0.139 e. The summed E-state index contributed by atoms with van der Waals surface area (Å²) in [5.74, 6) is 0.855. The zero-order valence-corrected chi connectivity index (χ0v) is 12.6. The highest BCUT2D eigenvalue weighted by Crippen LogP contribution is 2.22. The van der Waals surface area contributed by atoms with Gasteiger partial charge >= 0.3 is 0 Å². The monoisotopic (exact) mass is 303 g/mol. The second kappa shape index (κ2) is 5.96. The van der Waals surface area contributed by atoms with Crippen LogP contribution in [0.2, 0.25) is 0 Å². The maximum atomic E-state index is 4.64. The summed E-state index contributed by atoms with van der Waals surface area (Å²) in [6.45, 7) is 0.786. The van der Waals surface area contributed by atoms with Crippen molar-refractivity contribution in [3.8, 4) is 0 Å². The average Bonchev–Trinajstić information content (AvgIpc) is 3.26. The van der Waals surface area contributed by atoms with Crippen molar-refractivity contribution in [3.63, 3.8) is 0 Å². The molecule has 5 heteroatoms. The van der Waals surface area contributed by atoms with Gasteiger partial charge < -0.3 is 14.9 Å². The first-order valence-electron chi connectivity index (χ1n) is 7.60. The van der Waals surface area contributed by atoms with Crippen LogP contribution in [0.15, 0.2) is 73.4 Å². The van der Waals surface area contributed by atoms with Crippen LogP contribution < -0.4 is 5.32 Å². The van der Waals surface area contributed by atoms with Crippen LogP contribution >= 0.6 is 0 Å². The van der Waals surface area contributed by atoms with Crippen molar-refractivity contribution >= 4 is 16.9 Å². The molecule has 4 aromatic rings. The van der Waals surface area contributed by atoms with Gasteiger partial charge in [0.1, 0.15) is 11.5 Å². The number of pyridine rings is 1. The minimum absolute atomic E-state index is 0.116. The Kier molecular flexibility index (Phi) is 3.52. The summed E-state index contributed by atoms with van der Waals surface area (Å²) in [4.78, 5) is 11.9. The Balaban J connectivity index is 1.64. The number of hydrogen-bond donors (Lipinski definition) is 2. The van der Waals surface area contributed by atoms with E-state index < -0.39 is 0 Å². The van der Waals surface area contributed by atoms with Crippen LogP contribution in [-0.2, 0) is 6.54 Å². The summed E-state index contributed by atoms with van der Waals surface area (Å²) in [5, 5.41) is 4.65. The Morgan fingerprint density at radius 1 is 1.09 bits per heavy atom. The number of aromatic amines is 1. The fourth-order valence-electron chi connectivity index (χ4n) is 2.71. The number of rotatable bonds is 5. The van der Waals surface area contributed by atoms with E-state index in [4.69, 9.17) is 0 Å². The summed E-state index contributed by atoms with van der Waals surface area (Å²) in [5.41, 5.74) is 2.11. The van der Waals surface area contributed by atoms with Crippen LogP contribution in [0.5, 0.6) is 0 Å². The minimum atomic E-state index is 0.116. The van der Waals surface area contributed by atoms with Crippen LogP contribution in [-0.4, -0.2) is 19.5 Å². The largest absolute Gasteiger partial charge is 0.361 e. The van der Waals surface area contributed by atoms with Gasteiger partial charge in [0.05, 0.1) is 12.4 Å². The van der Waals surface area contributed by atoms with E-state index in [9.17, 15) is 0 Å². The first kappa shape index (κ1) is 13.6. The molecule has 0 aliphatic rings. The average molecular weight is 303 g/mol. The Morgan fingerprint density at radius 3 is 2.83 bits per heavy atom. The van der Waals surface area contributed by atoms with Crippen molar-refractivity contribution in [2.45, 2.75) is 12.6 Å². The van der Waals surface area contributed by atoms with Gasteiger partial charge in [0.25, 0.3) is 0 Å². The number of hydrogen-bond acceptors (Lipinski definition) is 3. The molecule has 3 heterocycles. The quantitative estimate of drug-likeness (QED) is 0.592. The third kappa shape index (κ3) is 2.94. The second-order valence-corrected chi connectivity index (χ2v) is 5.48. The van der Waals surface area contributed by atoms with Crippen molar-refractivity contribution < 1.29 is 0 Å². The number of nitrogens with zero attached hydrogens (tertiary/aromatic N) is 3. The number of aromatic nitrogens is 4. The third-order valence-electron chi connectivity index (χ3n) is 3.89. The number of nitrogens with one attached hydrogen (secondary N) is 2. The summed E-state index contributed by atoms with van der Waals surface area (Å²) >= 11 is 0. The number of fused-ring (bicyclic) bond motifs is 1. The molecule has 114 valence electrons. The third-order valence-corrected chi connectivity index (χ3v) is 3.89. The molecule has 0 amide bonds. The Labute approximate surface area is 134 Å². The van der Waals surface area contributed by atoms with Crippen molar-refractivity contribution in [1.82, 2.24) is 19.5 Å². The molecular formula is C18H17N5. The maximum absolute atomic E-state index is 4.64. The zero-order chi connectivity index (χ0) is 15.5. The summed E-state index contributed by atoms with van der Waals surface area (Å²) < 4.78 is 2.07. The van der Waals surface area contributed by atoms with E-state index in [1.54, 1.807) is 6.20 Å². The van der Waals surface area contributed by atoms with Crippen LogP contribution in [0.4, 0.5) is 5.82 Å². The van der Waals surface area contributed by atoms with Gasteiger partial charge in [0.15, 0.2) is 0 Å². The van der Waals surface area contributed by atoms with Crippen LogP contribution in [0, 0.1) is 0 Å². The Bertz CT molecular complexity index is 880. The number of H-pyrrole nitrogens is 1. The molecule has 2 N–H and O–H groups in total. The molecule has 23 heavy (non-hydrogen) atoms. The van der Waals surface area contributed by atoms with E-state index in [1.165, 1.54) is 5.56 Å². The molecule has 0 aliphatic carbocycles. The highest BCUT2D eigenvalue weighted by Gasteiger charge is 2.13. The normalized spacial score (nSPS) is 12.3. The lowest BCUT2D eigenvalue weighted by Crippen LogP contribution is -2.17. The molecule has 3 aromatic heterocycles. The van der Waals surface area contributed by atoms with Crippen molar-refractivity contribution in [2.75, 3.05) is 5.32 Å². The van der Waals surface area contributed by atoms with Gasteiger partial charge in [-0.15, -0.1) is 0 Å². The molecule has 4 rings (SSSR count). The van der Waals surface area contributed by atoms with E-state index in [0.29, 0.717) is 0 Å². The zero-order valence-electron chi connectivity index (χ0n) is 12.6. The molecule has 0 radical (unpaired) electrons. The number of anilines is 1. The van der Waals surface area contributed by atoms with Crippen molar-refractivity contribution in [2.24, 2.45) is 0 Å². The van der Waals surface area contributed by atoms with Gasteiger partial charge in [-0.2, -0.15) is 0 Å². The van der Waals surface area contributed by atoms with Gasteiger partial charge in [-0.25, -0.2) is 9.97 Å². The van der Waals surface area contributed by atoms with Crippen molar-refractivity contribution in [3.05, 3.63) is 79.0 Å². The Morgan fingerprint density at radius 2 is 2.00 bits per heavy atom. The molecule has 5 nitrogen and oxygen atoms in total. The number of imidazole rings is 1. The molecule has 0 saturated heterocycles. The second-order valence-electron chi connectivity index (χ2n) is 5.48. The Hall–Kier alpha value is -3.08. The first-order valence-corrected chi connectivity index (χ1v) is 7.60. The summed E-state index contributed by atoms with van der Waals surface area (Å²) in [7, 11) is 0. The van der Waals surface area contributed by atoms with E-state index >= 15 is 0 Å². The highest BCUT2D eigenvalue weighted by molar-refractivity contribution is 5.77. The standard InChI is InChI=1S/C18H17N5/c1-2-4-14(5-3-1)16(12-23-11-10-19-13-23)21-17-7-6-15-8-9-20-18(15)22-17/h1-11,13,16H,12H2,(H2,20,21,22). The van der Waals surface area contributed by atoms with Crippen molar-refractivity contribution in [1.29, 1.82) is 0 Å². The van der Waals surface area contributed by atoms with Crippen LogP contribution in [0.1, 0.15) is 11.6 Å². The SMILES string of the molecule is c1ccc(C(Cn2ccnc2)Nc2ccc3cc[nH]c3n2)cc1. The maximum Gasteiger partial charge on any atom is 0.139 e. The van der Waals surface area contributed by atoms with Crippen LogP contribution in [0.25, 0.3) is 11.0 Å².